The van der Waals surface area contributed by atoms with Gasteiger partial charge in [0.1, 0.15) is 0 Å². The number of rotatable bonds is 2. The topological polar surface area (TPSA) is 29.1 Å². The summed E-state index contributed by atoms with van der Waals surface area (Å²) in [6.07, 6.45) is 2.39. The summed E-state index contributed by atoms with van der Waals surface area (Å²) in [5.41, 5.74) is 3.07. The molecule has 1 aliphatic carbocycles. The number of aryl methyl sites for hydroxylation is 1. The van der Waals surface area contributed by atoms with Crippen LogP contribution in [0.5, 0.6) is 0 Å². The van der Waals surface area contributed by atoms with Gasteiger partial charge in [0.15, 0.2) is 5.78 Å². The molecule has 0 saturated carbocycles. The van der Waals surface area contributed by atoms with Crippen molar-refractivity contribution < 1.29 is 4.79 Å². The van der Waals surface area contributed by atoms with Crippen molar-refractivity contribution in [3.05, 3.63) is 34.9 Å². The van der Waals surface area contributed by atoms with Crippen molar-refractivity contribution in [2.75, 3.05) is 13.6 Å². The van der Waals surface area contributed by atoms with Gasteiger partial charge < -0.3 is 5.32 Å². The van der Waals surface area contributed by atoms with E-state index in [4.69, 9.17) is 0 Å². The van der Waals surface area contributed by atoms with E-state index in [1.165, 1.54) is 0 Å². The van der Waals surface area contributed by atoms with E-state index in [1.54, 1.807) is 0 Å². The van der Waals surface area contributed by atoms with Crippen LogP contribution in [0.2, 0.25) is 0 Å². The molecule has 0 fully saturated rings. The first-order valence-corrected chi connectivity index (χ1v) is 5.61. The smallest absolute Gasteiger partial charge is 0.163 e. The molecular weight excluding hydrogens is 198 g/mol. The van der Waals surface area contributed by atoms with Crippen LogP contribution in [0.3, 0.4) is 0 Å². The van der Waals surface area contributed by atoms with E-state index in [0.29, 0.717) is 6.42 Å². The van der Waals surface area contributed by atoms with Crippen molar-refractivity contribution in [2.45, 2.75) is 19.3 Å². The number of nitrogens with one attached hydrogen (secondary N) is 1. The predicted molar refractivity (Wildman–Crippen MR) is 64.5 cm³/mol. The largest absolute Gasteiger partial charge is 0.319 e. The number of benzene rings is 1. The molecule has 0 spiro atoms. The summed E-state index contributed by atoms with van der Waals surface area (Å²) in [6, 6.07) is 5.90. The first kappa shape index (κ1) is 10.9. The molecule has 1 aromatic carbocycles. The molecule has 0 radical (unpaired) electrons. The van der Waals surface area contributed by atoms with E-state index < -0.39 is 0 Å². The molecule has 1 aromatic rings. The van der Waals surface area contributed by atoms with Gasteiger partial charge in [-0.15, -0.1) is 0 Å². The maximum atomic E-state index is 11.4. The second-order valence-corrected chi connectivity index (χ2v) is 3.95. The summed E-state index contributed by atoms with van der Waals surface area (Å²) in [6.45, 7) is 0.913. The Morgan fingerprint density at radius 2 is 2.25 bits per heavy atom. The van der Waals surface area contributed by atoms with E-state index in [2.05, 4.69) is 17.2 Å². The molecule has 2 nitrogen and oxygen atoms in total. The summed E-state index contributed by atoms with van der Waals surface area (Å²) in [4.78, 5) is 11.4. The SMILES string of the molecule is CNCCC#Cc1ccc2c(c1)CCC2=O. The first-order chi connectivity index (χ1) is 7.81. The number of carbonyl (C=O) groups excluding carboxylic acids is 1. The molecule has 2 heteroatoms. The van der Waals surface area contributed by atoms with Crippen LogP contribution in [-0.2, 0) is 6.42 Å². The van der Waals surface area contributed by atoms with E-state index in [1.807, 2.05) is 25.2 Å². The minimum absolute atomic E-state index is 0.268. The average molecular weight is 213 g/mol. The van der Waals surface area contributed by atoms with Gasteiger partial charge in [0.2, 0.25) is 0 Å². The first-order valence-electron chi connectivity index (χ1n) is 5.61. The molecule has 1 aliphatic rings. The van der Waals surface area contributed by atoms with Crippen LogP contribution in [0.25, 0.3) is 0 Å². The minimum atomic E-state index is 0.268. The van der Waals surface area contributed by atoms with Gasteiger partial charge in [-0.1, -0.05) is 11.8 Å². The summed E-state index contributed by atoms with van der Waals surface area (Å²) < 4.78 is 0. The lowest BCUT2D eigenvalue weighted by Crippen LogP contribution is -2.05. The predicted octanol–water partition coefficient (Wildman–Crippen LogP) is 1.78. The Balaban J connectivity index is 2.12. The van der Waals surface area contributed by atoms with Gasteiger partial charge in [0.25, 0.3) is 0 Å². The van der Waals surface area contributed by atoms with Gasteiger partial charge in [0, 0.05) is 30.5 Å². The molecule has 82 valence electrons. The highest BCUT2D eigenvalue weighted by atomic mass is 16.1. The van der Waals surface area contributed by atoms with Crippen molar-refractivity contribution in [3.8, 4) is 11.8 Å². The minimum Gasteiger partial charge on any atom is -0.319 e. The van der Waals surface area contributed by atoms with Crippen LogP contribution in [0.1, 0.15) is 34.3 Å². The Hall–Kier alpha value is -1.59. The van der Waals surface area contributed by atoms with Crippen LogP contribution < -0.4 is 5.32 Å². The third-order valence-electron chi connectivity index (χ3n) is 2.76. The van der Waals surface area contributed by atoms with E-state index in [0.717, 1.165) is 36.1 Å². The van der Waals surface area contributed by atoms with E-state index in [9.17, 15) is 4.79 Å². The second-order valence-electron chi connectivity index (χ2n) is 3.95. The summed E-state index contributed by atoms with van der Waals surface area (Å²) in [5.74, 6) is 6.50. The van der Waals surface area contributed by atoms with Gasteiger partial charge in [-0.25, -0.2) is 0 Å². The Morgan fingerprint density at radius 1 is 1.38 bits per heavy atom. The Morgan fingerprint density at radius 3 is 3.06 bits per heavy atom. The summed E-state index contributed by atoms with van der Waals surface area (Å²) >= 11 is 0. The van der Waals surface area contributed by atoms with E-state index in [-0.39, 0.29) is 5.78 Å². The number of Topliss-reactive ketones (excluding diaryl/α,β-unsaturated/α-hetero) is 1. The third-order valence-corrected chi connectivity index (χ3v) is 2.76. The van der Waals surface area contributed by atoms with Crippen molar-refractivity contribution >= 4 is 5.78 Å². The number of hydrogen-bond acceptors (Lipinski definition) is 2. The molecule has 0 heterocycles. The standard InChI is InChI=1S/C14H15NO/c1-15-9-3-2-4-11-5-7-13-12(10-11)6-8-14(13)16/h5,7,10,15H,3,6,8-9H2,1H3. The molecule has 0 unspecified atom stereocenters. The third kappa shape index (κ3) is 2.32. The fourth-order valence-electron chi connectivity index (χ4n) is 1.89. The molecule has 16 heavy (non-hydrogen) atoms. The molecular formula is C14H15NO. The highest BCUT2D eigenvalue weighted by Crippen LogP contribution is 2.22. The zero-order chi connectivity index (χ0) is 11.4. The maximum absolute atomic E-state index is 11.4. The monoisotopic (exact) mass is 213 g/mol. The van der Waals surface area contributed by atoms with Crippen molar-refractivity contribution in [1.29, 1.82) is 0 Å². The summed E-state index contributed by atoms with van der Waals surface area (Å²) in [7, 11) is 1.92. The molecule has 0 amide bonds. The number of fused-ring (bicyclic) bond motifs is 1. The fourth-order valence-corrected chi connectivity index (χ4v) is 1.89. The van der Waals surface area contributed by atoms with Crippen LogP contribution in [0.4, 0.5) is 0 Å². The normalized spacial score (nSPS) is 13.2. The highest BCUT2D eigenvalue weighted by molar-refractivity contribution is 6.00. The number of ketones is 1. The maximum Gasteiger partial charge on any atom is 0.163 e. The Kier molecular flexibility index (Phi) is 3.38. The zero-order valence-corrected chi connectivity index (χ0v) is 9.47. The van der Waals surface area contributed by atoms with Crippen LogP contribution in [0.15, 0.2) is 18.2 Å². The van der Waals surface area contributed by atoms with Crippen molar-refractivity contribution in [2.24, 2.45) is 0 Å². The molecule has 1 N–H and O–H groups in total. The zero-order valence-electron chi connectivity index (χ0n) is 9.47. The molecule has 0 atom stereocenters. The van der Waals surface area contributed by atoms with Gasteiger partial charge in [-0.05, 0) is 37.2 Å². The lowest BCUT2D eigenvalue weighted by atomic mass is 10.1. The lowest BCUT2D eigenvalue weighted by molar-refractivity contribution is 0.0994. The fraction of sp³-hybridized carbons (Fsp3) is 0.357. The van der Waals surface area contributed by atoms with E-state index >= 15 is 0 Å². The molecule has 2 rings (SSSR count). The second kappa shape index (κ2) is 4.96. The Labute approximate surface area is 96.1 Å². The molecule has 0 saturated heterocycles. The van der Waals surface area contributed by atoms with Crippen molar-refractivity contribution in [1.82, 2.24) is 5.32 Å². The van der Waals surface area contributed by atoms with Crippen LogP contribution in [0, 0.1) is 11.8 Å². The van der Waals surface area contributed by atoms with Crippen LogP contribution >= 0.6 is 0 Å². The highest BCUT2D eigenvalue weighted by Gasteiger charge is 2.18. The molecule has 0 aromatic heterocycles. The summed E-state index contributed by atoms with van der Waals surface area (Å²) in [5, 5.41) is 3.05. The molecule has 0 bridgehead atoms. The number of carbonyl (C=O) groups is 1. The quantitative estimate of drug-likeness (QED) is 0.599. The van der Waals surface area contributed by atoms with Gasteiger partial charge in [-0.3, -0.25) is 4.79 Å². The average Bonchev–Trinajstić information content (AvgIpc) is 2.66. The van der Waals surface area contributed by atoms with Gasteiger partial charge in [-0.2, -0.15) is 0 Å². The lowest BCUT2D eigenvalue weighted by Gasteiger charge is -1.97. The molecule has 0 aliphatic heterocycles. The van der Waals surface area contributed by atoms with Crippen molar-refractivity contribution in [3.63, 3.8) is 0 Å². The van der Waals surface area contributed by atoms with Crippen LogP contribution in [-0.4, -0.2) is 19.4 Å². The Bertz CT molecular complexity index is 465. The van der Waals surface area contributed by atoms with Gasteiger partial charge >= 0.3 is 0 Å². The number of hydrogen-bond donors (Lipinski definition) is 1. The van der Waals surface area contributed by atoms with Gasteiger partial charge in [0.05, 0.1) is 0 Å².